The molecule has 1 fully saturated rings. The van der Waals surface area contributed by atoms with Gasteiger partial charge in [-0.2, -0.15) is 0 Å². The first-order valence-corrected chi connectivity index (χ1v) is 24.3. The summed E-state index contributed by atoms with van der Waals surface area (Å²) >= 11 is 0. The van der Waals surface area contributed by atoms with E-state index in [1.807, 2.05) is 94.4 Å². The van der Waals surface area contributed by atoms with Gasteiger partial charge in [0.05, 0.1) is 6.54 Å². The van der Waals surface area contributed by atoms with Crippen LogP contribution in [-0.2, 0) is 23.9 Å². The zero-order valence-electron chi connectivity index (χ0n) is 40.8. The Balaban J connectivity index is 0.000000178. The van der Waals surface area contributed by atoms with Crippen molar-refractivity contribution in [3.05, 3.63) is 155 Å². The highest BCUT2D eigenvalue weighted by Crippen LogP contribution is 2.46. The molecule has 0 radical (unpaired) electrons. The van der Waals surface area contributed by atoms with Gasteiger partial charge in [0, 0.05) is 17.4 Å². The van der Waals surface area contributed by atoms with E-state index in [1.54, 1.807) is 24.3 Å². The lowest BCUT2D eigenvalue weighted by atomic mass is 9.82. The average Bonchev–Trinajstić information content (AvgIpc) is 3.86. The van der Waals surface area contributed by atoms with Crippen LogP contribution in [0.25, 0.3) is 22.3 Å². The number of rotatable bonds is 17. The molecule has 2 amide bonds. The Hall–Kier alpha value is -7.32. The summed E-state index contributed by atoms with van der Waals surface area (Å²) in [5.74, 6) is -2.68. The molecule has 14 heteroatoms. The third-order valence-electron chi connectivity index (χ3n) is 13.1. The van der Waals surface area contributed by atoms with E-state index in [4.69, 9.17) is 14.6 Å². The minimum absolute atomic E-state index is 0.0321. The average molecular weight is 968 g/mol. The molecule has 3 aliphatic rings. The van der Waals surface area contributed by atoms with Crippen molar-refractivity contribution >= 4 is 35.9 Å². The number of hydrogen-bond acceptors (Lipinski definition) is 9. The maximum Gasteiger partial charge on any atom is 0.408 e. The number of carboxylic acids is 3. The zero-order chi connectivity index (χ0) is 51.1. The maximum absolute atomic E-state index is 12.4. The number of amides is 2. The predicted molar refractivity (Wildman–Crippen MR) is 270 cm³/mol. The molecule has 0 spiro atoms. The van der Waals surface area contributed by atoms with Gasteiger partial charge in [-0.25, -0.2) is 19.2 Å². The number of fused-ring (bicyclic) bond motifs is 6. The molecule has 5 aromatic carbocycles. The fraction of sp³-hybridized carbons (Fsp3) is 0.368. The highest BCUT2D eigenvalue weighted by Gasteiger charge is 2.42. The lowest BCUT2D eigenvalue weighted by Crippen LogP contribution is -2.55. The van der Waals surface area contributed by atoms with Gasteiger partial charge in [0.15, 0.2) is 5.78 Å². The first-order valence-electron chi connectivity index (χ1n) is 24.3. The molecule has 0 saturated heterocycles. The van der Waals surface area contributed by atoms with E-state index < -0.39 is 47.7 Å². The molecule has 5 aromatic rings. The van der Waals surface area contributed by atoms with Crippen LogP contribution in [0, 0.1) is 11.8 Å². The fourth-order valence-corrected chi connectivity index (χ4v) is 9.54. The van der Waals surface area contributed by atoms with Crippen molar-refractivity contribution in [2.75, 3.05) is 19.8 Å². The van der Waals surface area contributed by atoms with E-state index in [2.05, 4.69) is 52.3 Å². The summed E-state index contributed by atoms with van der Waals surface area (Å²) in [6.45, 7) is 8.15. The van der Waals surface area contributed by atoms with Crippen molar-refractivity contribution in [3.8, 4) is 22.3 Å². The standard InChI is InChI=1S/C22H23NO4.C21H23NO4.C14H19NO3/c24-20(25)22(12-6-1-7-13-22)23-21(26)27-14-19-17-10-4-2-8-15(17)16-9-3-5-11-18(16)19;1-13(2)11-19(20(23)24)22-21(25)26-12-18-16-9-5-3-7-14(16)15-8-4-6-10-17(15)18;1-10(2)8-12(14(17)18)15-9-13(16)11-6-4-3-5-7-11/h2-5,8-11,19H,1,6-7,12-14H2,(H,23,26)(H,24,25);3-10,13,18-19H,11-12H2,1-2H3,(H,22,25)(H,23,24);3-7,10,12,15H,8-9H2,1-2H3,(H,17,18)/t;19-;12-/m.00/s1. The van der Waals surface area contributed by atoms with E-state index in [1.165, 1.54) is 0 Å². The highest BCUT2D eigenvalue weighted by atomic mass is 16.6. The van der Waals surface area contributed by atoms with Crippen LogP contribution in [-0.4, -0.2) is 88.6 Å². The Kier molecular flexibility index (Phi) is 18.7. The van der Waals surface area contributed by atoms with Crippen LogP contribution in [0.4, 0.5) is 9.59 Å². The number of carboxylic acid groups (broad SMARTS) is 3. The Morgan fingerprint density at radius 3 is 1.34 bits per heavy atom. The molecular formula is C57H65N3O11. The molecule has 0 aromatic heterocycles. The third-order valence-corrected chi connectivity index (χ3v) is 13.1. The van der Waals surface area contributed by atoms with Crippen molar-refractivity contribution in [2.24, 2.45) is 11.8 Å². The maximum atomic E-state index is 12.4. The summed E-state index contributed by atoms with van der Waals surface area (Å²) in [6, 6.07) is 39.7. The second kappa shape index (κ2) is 25.0. The van der Waals surface area contributed by atoms with E-state index in [9.17, 15) is 39.0 Å². The van der Waals surface area contributed by atoms with Crippen LogP contribution >= 0.6 is 0 Å². The fourth-order valence-electron chi connectivity index (χ4n) is 9.54. The normalized spacial score (nSPS) is 14.9. The van der Waals surface area contributed by atoms with E-state index in [0.717, 1.165) is 63.8 Å². The second-order valence-electron chi connectivity index (χ2n) is 19.1. The lowest BCUT2D eigenvalue weighted by molar-refractivity contribution is -0.146. The van der Waals surface area contributed by atoms with Gasteiger partial charge in [-0.3, -0.25) is 14.9 Å². The number of hydrogen-bond donors (Lipinski definition) is 6. The van der Waals surface area contributed by atoms with Crippen LogP contribution in [0.1, 0.15) is 117 Å². The first-order chi connectivity index (χ1) is 34.1. The number of ether oxygens (including phenoxy) is 2. The number of aliphatic carboxylic acids is 3. The van der Waals surface area contributed by atoms with Crippen LogP contribution in [0.5, 0.6) is 0 Å². The molecular weight excluding hydrogens is 903 g/mol. The van der Waals surface area contributed by atoms with Gasteiger partial charge < -0.3 is 35.4 Å². The van der Waals surface area contributed by atoms with Gasteiger partial charge in [-0.1, -0.05) is 174 Å². The molecule has 0 bridgehead atoms. The zero-order valence-corrected chi connectivity index (χ0v) is 40.8. The SMILES string of the molecule is CC(C)C[C@H](NC(=O)OCC1c2ccccc2-c2ccccc21)C(=O)O.CC(C)C[C@H](NCC(=O)c1ccccc1)C(=O)O.O=C(NC1(C(=O)O)CCCCC1)OCC1c2ccccc2-c2ccccc21. The van der Waals surface area contributed by atoms with Crippen LogP contribution < -0.4 is 16.0 Å². The summed E-state index contributed by atoms with van der Waals surface area (Å²) in [6.07, 6.45) is 3.03. The van der Waals surface area contributed by atoms with Gasteiger partial charge >= 0.3 is 30.1 Å². The van der Waals surface area contributed by atoms with Gasteiger partial charge in [0.1, 0.15) is 30.8 Å². The number of carbonyl (C=O) groups excluding carboxylic acids is 3. The van der Waals surface area contributed by atoms with Gasteiger partial charge in [-0.15, -0.1) is 0 Å². The molecule has 2 atom stereocenters. The number of alkyl carbamates (subject to hydrolysis) is 2. The summed E-state index contributed by atoms with van der Waals surface area (Å²) in [4.78, 5) is 70.4. The largest absolute Gasteiger partial charge is 0.480 e. The number of ketones is 1. The van der Waals surface area contributed by atoms with Gasteiger partial charge in [0.25, 0.3) is 0 Å². The summed E-state index contributed by atoms with van der Waals surface area (Å²) in [7, 11) is 0. The molecule has 0 heterocycles. The Morgan fingerprint density at radius 1 is 0.535 bits per heavy atom. The highest BCUT2D eigenvalue weighted by molar-refractivity contribution is 5.97. The molecule has 14 nitrogen and oxygen atoms in total. The van der Waals surface area contributed by atoms with Gasteiger partial charge in [-0.05, 0) is 82.0 Å². The van der Waals surface area contributed by atoms with Gasteiger partial charge in [0.2, 0.25) is 0 Å². The van der Waals surface area contributed by atoms with Crippen molar-refractivity contribution in [2.45, 2.75) is 102 Å². The Labute approximate surface area is 415 Å². The minimum atomic E-state index is -1.19. The number of nitrogens with one attached hydrogen (secondary N) is 3. The first kappa shape index (κ1) is 53.0. The third kappa shape index (κ3) is 13.9. The molecule has 3 aliphatic carbocycles. The molecule has 6 N–H and O–H groups in total. The van der Waals surface area contributed by atoms with Crippen molar-refractivity contribution in [1.29, 1.82) is 0 Å². The number of benzene rings is 5. The number of Topliss-reactive ketones (excluding diaryl/α,β-unsaturated/α-hetero) is 1. The van der Waals surface area contributed by atoms with E-state index >= 15 is 0 Å². The molecule has 0 aliphatic heterocycles. The van der Waals surface area contributed by atoms with E-state index in [0.29, 0.717) is 31.2 Å². The Morgan fingerprint density at radius 2 is 0.930 bits per heavy atom. The van der Waals surface area contributed by atoms with Crippen molar-refractivity contribution in [1.82, 2.24) is 16.0 Å². The van der Waals surface area contributed by atoms with E-state index in [-0.39, 0.29) is 49.2 Å². The van der Waals surface area contributed by atoms with Crippen molar-refractivity contribution in [3.63, 3.8) is 0 Å². The second-order valence-corrected chi connectivity index (χ2v) is 19.1. The smallest absolute Gasteiger partial charge is 0.408 e. The minimum Gasteiger partial charge on any atom is -0.480 e. The van der Waals surface area contributed by atoms with Crippen LogP contribution in [0.3, 0.4) is 0 Å². The molecule has 71 heavy (non-hydrogen) atoms. The molecule has 1 saturated carbocycles. The molecule has 374 valence electrons. The van der Waals surface area contributed by atoms with Crippen LogP contribution in [0.15, 0.2) is 127 Å². The predicted octanol–water partition coefficient (Wildman–Crippen LogP) is 10.3. The molecule has 0 unspecified atom stereocenters. The van der Waals surface area contributed by atoms with Crippen molar-refractivity contribution < 1.29 is 53.6 Å². The van der Waals surface area contributed by atoms with Crippen LogP contribution in [0.2, 0.25) is 0 Å². The number of carbonyl (C=O) groups is 6. The quantitative estimate of drug-likeness (QED) is 0.0480. The molecule has 8 rings (SSSR count). The lowest BCUT2D eigenvalue weighted by Gasteiger charge is -2.33. The monoisotopic (exact) mass is 967 g/mol. The summed E-state index contributed by atoms with van der Waals surface area (Å²) in [5.41, 5.74) is 8.55. The summed E-state index contributed by atoms with van der Waals surface area (Å²) in [5, 5.41) is 35.8. The topological polar surface area (TPSA) is 218 Å². The Bertz CT molecular complexity index is 2550. The summed E-state index contributed by atoms with van der Waals surface area (Å²) < 4.78 is 10.9.